The highest BCUT2D eigenvalue weighted by atomic mass is 32.2. The van der Waals surface area contributed by atoms with E-state index >= 15 is 0 Å². The molecule has 1 aliphatic heterocycles. The summed E-state index contributed by atoms with van der Waals surface area (Å²) in [4.78, 5) is 17.9. The monoisotopic (exact) mass is 705 g/mol. The van der Waals surface area contributed by atoms with Crippen molar-refractivity contribution in [1.29, 1.82) is 0 Å². The zero-order valence-electron chi connectivity index (χ0n) is 28.3. The molecular formula is C36H46F3N3O6S. The van der Waals surface area contributed by atoms with Crippen LogP contribution in [-0.2, 0) is 27.5 Å². The van der Waals surface area contributed by atoms with E-state index < -0.39 is 33.7 Å². The second-order valence-electron chi connectivity index (χ2n) is 12.8. The number of carbonyl (C=O) groups excluding carboxylic acids is 1. The number of fused-ring (bicyclic) bond motifs is 1. The molecule has 4 rings (SSSR count). The third-order valence-electron chi connectivity index (χ3n) is 8.58. The quantitative estimate of drug-likeness (QED) is 0.264. The standard InChI is InChI=1S/C36H46F3N3O6S/c1-25-21-42(26(2)24-43)35(44)32-20-30(40-49(45,46)31-11-6-5-7-12-31)17-18-33(32)48-27(3)10-8-9-19-47-34(25)23-41(4)22-28-13-15-29(16-14-28)36(37,38)39/h5-7,11-18,20,25-27,34,40,43H,8-10,19,21-24H2,1-4H3/t25-,26+,27-,34+/m1/s1. The number of nitrogens with zero attached hydrogens (tertiary/aromatic N) is 2. The lowest BCUT2D eigenvalue weighted by Crippen LogP contribution is -2.47. The molecule has 9 nitrogen and oxygen atoms in total. The first-order chi connectivity index (χ1) is 23.2. The lowest BCUT2D eigenvalue weighted by Gasteiger charge is -2.36. The molecule has 3 aromatic rings. The Morgan fingerprint density at radius 2 is 1.73 bits per heavy atom. The van der Waals surface area contributed by atoms with Crippen molar-refractivity contribution in [3.05, 3.63) is 89.5 Å². The van der Waals surface area contributed by atoms with Gasteiger partial charge >= 0.3 is 6.18 Å². The summed E-state index contributed by atoms with van der Waals surface area (Å²) in [5, 5.41) is 10.2. The molecule has 0 aliphatic carbocycles. The largest absolute Gasteiger partial charge is 0.490 e. The molecular weight excluding hydrogens is 659 g/mol. The summed E-state index contributed by atoms with van der Waals surface area (Å²) in [6.07, 6.45) is -2.76. The van der Waals surface area contributed by atoms with Crippen LogP contribution in [0.1, 0.15) is 61.5 Å². The zero-order valence-corrected chi connectivity index (χ0v) is 29.1. The van der Waals surface area contributed by atoms with Crippen molar-refractivity contribution in [3.8, 4) is 5.75 Å². The fraction of sp³-hybridized carbons (Fsp3) is 0.472. The molecule has 0 aromatic heterocycles. The van der Waals surface area contributed by atoms with E-state index in [4.69, 9.17) is 9.47 Å². The van der Waals surface area contributed by atoms with E-state index in [0.29, 0.717) is 31.9 Å². The molecule has 0 spiro atoms. The molecule has 1 heterocycles. The first-order valence-electron chi connectivity index (χ1n) is 16.4. The molecule has 3 aromatic carbocycles. The highest BCUT2D eigenvalue weighted by Crippen LogP contribution is 2.31. The second-order valence-corrected chi connectivity index (χ2v) is 14.5. The van der Waals surface area contributed by atoms with E-state index in [1.54, 1.807) is 42.2 Å². The summed E-state index contributed by atoms with van der Waals surface area (Å²) < 4.78 is 80.6. The summed E-state index contributed by atoms with van der Waals surface area (Å²) in [5.41, 5.74) is 0.358. The van der Waals surface area contributed by atoms with Crippen LogP contribution in [0, 0.1) is 5.92 Å². The molecule has 4 atom stereocenters. The number of alkyl halides is 3. The van der Waals surface area contributed by atoms with Crippen LogP contribution in [0.3, 0.4) is 0 Å². The molecule has 0 radical (unpaired) electrons. The Morgan fingerprint density at radius 1 is 1.04 bits per heavy atom. The van der Waals surface area contributed by atoms with Crippen molar-refractivity contribution in [2.24, 2.45) is 5.92 Å². The molecule has 0 saturated heterocycles. The fourth-order valence-electron chi connectivity index (χ4n) is 5.74. The molecule has 0 bridgehead atoms. The van der Waals surface area contributed by atoms with Crippen molar-refractivity contribution < 1.29 is 41.0 Å². The molecule has 1 amide bonds. The highest BCUT2D eigenvalue weighted by Gasteiger charge is 2.32. The third kappa shape index (κ3) is 10.7. The lowest BCUT2D eigenvalue weighted by atomic mass is 10.0. The number of ether oxygens (including phenoxy) is 2. The van der Waals surface area contributed by atoms with Gasteiger partial charge in [-0.05, 0) is 88.2 Å². The van der Waals surface area contributed by atoms with Gasteiger partial charge < -0.3 is 19.5 Å². The number of halogens is 3. The molecule has 0 unspecified atom stereocenters. The number of rotatable bonds is 9. The predicted octanol–water partition coefficient (Wildman–Crippen LogP) is 6.43. The van der Waals surface area contributed by atoms with Gasteiger partial charge in [-0.1, -0.05) is 37.3 Å². The number of nitrogens with one attached hydrogen (secondary N) is 1. The van der Waals surface area contributed by atoms with E-state index in [1.807, 2.05) is 25.8 Å². The van der Waals surface area contributed by atoms with Gasteiger partial charge in [-0.25, -0.2) is 8.42 Å². The minimum atomic E-state index is -4.41. The van der Waals surface area contributed by atoms with Gasteiger partial charge in [0, 0.05) is 37.8 Å². The molecule has 1 aliphatic rings. The molecule has 0 saturated carbocycles. The van der Waals surface area contributed by atoms with Gasteiger partial charge in [0.2, 0.25) is 0 Å². The fourth-order valence-corrected chi connectivity index (χ4v) is 6.82. The van der Waals surface area contributed by atoms with Crippen LogP contribution >= 0.6 is 0 Å². The molecule has 49 heavy (non-hydrogen) atoms. The number of hydrogen-bond donors (Lipinski definition) is 2. The Balaban J connectivity index is 1.60. The number of amides is 1. The van der Waals surface area contributed by atoms with Crippen LogP contribution in [0.25, 0.3) is 0 Å². The van der Waals surface area contributed by atoms with Crippen LogP contribution in [0.4, 0.5) is 18.9 Å². The Morgan fingerprint density at radius 3 is 2.39 bits per heavy atom. The van der Waals surface area contributed by atoms with E-state index in [-0.39, 0.29) is 47.4 Å². The van der Waals surface area contributed by atoms with Gasteiger partial charge in [-0.15, -0.1) is 0 Å². The molecule has 2 N–H and O–H groups in total. The smallest absolute Gasteiger partial charge is 0.416 e. The minimum absolute atomic E-state index is 0.0740. The van der Waals surface area contributed by atoms with Crippen molar-refractivity contribution in [2.45, 2.75) is 75.9 Å². The second kappa shape index (κ2) is 16.8. The maximum absolute atomic E-state index is 14.3. The number of aliphatic hydroxyl groups excluding tert-OH is 1. The minimum Gasteiger partial charge on any atom is -0.490 e. The number of hydrogen-bond acceptors (Lipinski definition) is 7. The summed E-state index contributed by atoms with van der Waals surface area (Å²) >= 11 is 0. The Hall–Kier alpha value is -3.65. The van der Waals surface area contributed by atoms with Gasteiger partial charge in [0.1, 0.15) is 5.75 Å². The summed E-state index contributed by atoms with van der Waals surface area (Å²) in [6.45, 7) is 6.79. The first-order valence-corrected chi connectivity index (χ1v) is 17.9. The first kappa shape index (κ1) is 38.2. The van der Waals surface area contributed by atoms with E-state index in [1.165, 1.54) is 30.3 Å². The summed E-state index contributed by atoms with van der Waals surface area (Å²) in [7, 11) is -2.07. The number of anilines is 1. The normalized spacial score (nSPS) is 20.6. The summed E-state index contributed by atoms with van der Waals surface area (Å²) in [5.74, 6) is -0.353. The van der Waals surface area contributed by atoms with Crippen LogP contribution in [0.5, 0.6) is 5.75 Å². The van der Waals surface area contributed by atoms with Crippen molar-refractivity contribution in [1.82, 2.24) is 9.80 Å². The van der Waals surface area contributed by atoms with Gasteiger partial charge in [-0.2, -0.15) is 13.2 Å². The van der Waals surface area contributed by atoms with Gasteiger partial charge in [0.25, 0.3) is 15.9 Å². The molecule has 13 heteroatoms. The average Bonchev–Trinajstić information content (AvgIpc) is 3.06. The van der Waals surface area contributed by atoms with Gasteiger partial charge in [-0.3, -0.25) is 14.4 Å². The van der Waals surface area contributed by atoms with Crippen molar-refractivity contribution >= 4 is 21.6 Å². The predicted molar refractivity (Wildman–Crippen MR) is 182 cm³/mol. The lowest BCUT2D eigenvalue weighted by molar-refractivity contribution is -0.137. The third-order valence-corrected chi connectivity index (χ3v) is 9.98. The van der Waals surface area contributed by atoms with E-state index in [0.717, 1.165) is 30.5 Å². The Kier molecular flexibility index (Phi) is 13.1. The molecule has 0 fully saturated rings. The van der Waals surface area contributed by atoms with Crippen LogP contribution in [0.2, 0.25) is 0 Å². The Labute approximate surface area is 287 Å². The topological polar surface area (TPSA) is 108 Å². The zero-order chi connectivity index (χ0) is 35.8. The van der Waals surface area contributed by atoms with Crippen LogP contribution < -0.4 is 9.46 Å². The highest BCUT2D eigenvalue weighted by molar-refractivity contribution is 7.92. The number of likely N-dealkylation sites (N-methyl/N-ethyl adjacent to an activating group) is 1. The van der Waals surface area contributed by atoms with Gasteiger partial charge in [0.05, 0.1) is 40.9 Å². The van der Waals surface area contributed by atoms with E-state index in [2.05, 4.69) is 4.72 Å². The SMILES string of the molecule is C[C@@H]1CCCCO[C@@H](CN(C)Cc2ccc(C(F)(F)F)cc2)[C@H](C)CN([C@@H](C)CO)C(=O)c2cc(NS(=O)(=O)c3ccccc3)ccc2O1. The molecule has 268 valence electrons. The number of benzene rings is 3. The average molecular weight is 706 g/mol. The Bertz CT molecular complexity index is 1620. The van der Waals surface area contributed by atoms with Crippen molar-refractivity contribution in [3.63, 3.8) is 0 Å². The van der Waals surface area contributed by atoms with E-state index in [9.17, 15) is 31.5 Å². The van der Waals surface area contributed by atoms with Crippen LogP contribution in [-0.4, -0.2) is 80.8 Å². The maximum atomic E-state index is 14.3. The number of sulfonamides is 1. The van der Waals surface area contributed by atoms with Crippen LogP contribution in [0.15, 0.2) is 77.7 Å². The van der Waals surface area contributed by atoms with Gasteiger partial charge in [0.15, 0.2) is 0 Å². The number of carbonyl (C=O) groups is 1. The number of aliphatic hydroxyl groups is 1. The summed E-state index contributed by atoms with van der Waals surface area (Å²) in [6, 6.07) is 17.0. The van der Waals surface area contributed by atoms with Crippen molar-refractivity contribution in [2.75, 3.05) is 38.1 Å². The maximum Gasteiger partial charge on any atom is 0.416 e.